The fraction of sp³-hybridized carbons (Fsp3) is 0.400. The van der Waals surface area contributed by atoms with E-state index >= 15 is 0 Å². The van der Waals surface area contributed by atoms with Gasteiger partial charge in [0.05, 0.1) is 0 Å². The van der Waals surface area contributed by atoms with Crippen LogP contribution in [0.2, 0.25) is 6.82 Å². The van der Waals surface area contributed by atoms with Gasteiger partial charge in [0.25, 0.3) is 0 Å². The first kappa shape index (κ1) is 17.8. The van der Waals surface area contributed by atoms with Gasteiger partial charge in [0.1, 0.15) is 11.6 Å². The van der Waals surface area contributed by atoms with E-state index in [0.717, 1.165) is 24.3 Å². The molecule has 126 valence electrons. The van der Waals surface area contributed by atoms with Gasteiger partial charge >= 0.3 is 0 Å². The third-order valence-electron chi connectivity index (χ3n) is 5.26. The first-order valence-corrected chi connectivity index (χ1v) is 9.11. The van der Waals surface area contributed by atoms with Gasteiger partial charge in [0, 0.05) is 24.5 Å². The molecule has 2 aromatic rings. The van der Waals surface area contributed by atoms with E-state index in [1.165, 1.54) is 5.56 Å². The topological polar surface area (TPSA) is 33.2 Å². The zero-order chi connectivity index (χ0) is 17.8. The maximum atomic E-state index is 11.9. The molecular weight excluding hydrogens is 306 g/mol. The molecule has 0 amide bonds. The lowest BCUT2D eigenvalue weighted by atomic mass is 9.56. The minimum atomic E-state index is 0.135. The van der Waals surface area contributed by atoms with E-state index in [0.29, 0.717) is 24.5 Å². The number of nitrogens with zero attached hydrogens (tertiary/aromatic N) is 2. The number of carbonyl (C=O) groups is 1. The first-order chi connectivity index (χ1) is 12.0. The Labute approximate surface area is 152 Å². The van der Waals surface area contributed by atoms with E-state index in [1.54, 1.807) is 4.72 Å². The lowest BCUT2D eigenvalue weighted by Crippen LogP contribution is -2.37. The molecule has 0 spiro atoms. The minimum absolute atomic E-state index is 0.135. The molecule has 0 saturated heterocycles. The van der Waals surface area contributed by atoms with E-state index < -0.39 is 0 Å². The van der Waals surface area contributed by atoms with E-state index in [-0.39, 0.29) is 12.8 Å². The van der Waals surface area contributed by atoms with Crippen LogP contribution in [0.3, 0.4) is 0 Å². The van der Waals surface area contributed by atoms with Crippen molar-refractivity contribution in [2.75, 3.05) is 4.72 Å². The lowest BCUT2D eigenvalue weighted by molar-refractivity contribution is -0.121. The molecule has 3 rings (SSSR count). The van der Waals surface area contributed by atoms with Gasteiger partial charge in [-0.3, -0.25) is 4.79 Å². The highest BCUT2D eigenvalue weighted by atomic mass is 16.1. The van der Waals surface area contributed by atoms with Crippen LogP contribution in [0, 0.1) is 5.92 Å². The monoisotopic (exact) mass is 330 g/mol. The number of carbonyl (C=O) groups excluding carboxylic acids is 1. The molecule has 1 aliphatic rings. The predicted octanol–water partition coefficient (Wildman–Crippen LogP) is 3.85. The molecule has 5 heteroatoms. The predicted molar refractivity (Wildman–Crippen MR) is 105 cm³/mol. The van der Waals surface area contributed by atoms with E-state index in [9.17, 15) is 4.79 Å². The summed E-state index contributed by atoms with van der Waals surface area (Å²) in [5.74, 6) is 1.80. The average molecular weight is 330 g/mol. The smallest absolute Gasteiger partial charge is 0.242 e. The second-order valence-electron chi connectivity index (χ2n) is 7.23. The van der Waals surface area contributed by atoms with Crippen molar-refractivity contribution in [2.24, 2.45) is 5.92 Å². The Balaban J connectivity index is 1.75. The molecule has 2 radical (unpaired) electrons. The van der Waals surface area contributed by atoms with Crippen molar-refractivity contribution >= 4 is 26.4 Å². The van der Waals surface area contributed by atoms with Crippen LogP contribution >= 0.6 is 0 Å². The fourth-order valence-corrected chi connectivity index (χ4v) is 3.60. The number of hydrogen-bond donors (Lipinski definition) is 0. The lowest BCUT2D eigenvalue weighted by Gasteiger charge is -2.29. The van der Waals surface area contributed by atoms with Crippen molar-refractivity contribution in [1.82, 2.24) is 4.98 Å². The Hall–Kier alpha value is -2.03. The van der Waals surface area contributed by atoms with Crippen LogP contribution in [0.15, 0.2) is 48.5 Å². The van der Waals surface area contributed by atoms with E-state index in [2.05, 4.69) is 25.9 Å². The number of anilines is 1. The Bertz CT molecular complexity index is 723. The molecule has 0 aliphatic heterocycles. The molecule has 0 N–H and O–H groups in total. The summed E-state index contributed by atoms with van der Waals surface area (Å²) in [7, 11) is 6.35. The van der Waals surface area contributed by atoms with Gasteiger partial charge in [-0.2, -0.15) is 0 Å². The minimum Gasteiger partial charge on any atom is -0.454 e. The summed E-state index contributed by atoms with van der Waals surface area (Å²) >= 11 is 0. The second kappa shape index (κ2) is 7.90. The van der Waals surface area contributed by atoms with Crippen molar-refractivity contribution in [3.63, 3.8) is 0 Å². The molecule has 1 aromatic carbocycles. The number of pyridine rings is 1. The van der Waals surface area contributed by atoms with E-state index in [4.69, 9.17) is 13.0 Å². The zero-order valence-electron chi connectivity index (χ0n) is 15.1. The van der Waals surface area contributed by atoms with Gasteiger partial charge < -0.3 is 4.72 Å². The van der Waals surface area contributed by atoms with Crippen LogP contribution in [-0.2, 0) is 11.1 Å². The number of Topliss-reactive ketones (excluding diaryl/α,β-unsaturated/α-hetero) is 1. The summed E-state index contributed by atoms with van der Waals surface area (Å²) in [6.45, 7) is 4.45. The molecule has 2 unspecified atom stereocenters. The van der Waals surface area contributed by atoms with Gasteiger partial charge in [-0.05, 0) is 30.8 Å². The molecule has 1 fully saturated rings. The van der Waals surface area contributed by atoms with Crippen LogP contribution in [0.1, 0.15) is 43.4 Å². The summed E-state index contributed by atoms with van der Waals surface area (Å²) in [5.41, 5.74) is 2.24. The summed E-state index contributed by atoms with van der Waals surface area (Å²) in [6.07, 6.45) is 3.12. The molecule has 0 bridgehead atoms. The maximum absolute atomic E-state index is 11.9. The number of ketones is 1. The summed E-state index contributed by atoms with van der Waals surface area (Å²) in [5, 5.41) is 0. The third kappa shape index (κ3) is 4.33. The third-order valence-corrected chi connectivity index (χ3v) is 5.26. The highest BCUT2D eigenvalue weighted by Gasteiger charge is 2.29. The van der Waals surface area contributed by atoms with Crippen molar-refractivity contribution in [2.45, 2.75) is 45.2 Å². The van der Waals surface area contributed by atoms with Gasteiger partial charge in [-0.25, -0.2) is 4.98 Å². The Morgan fingerprint density at radius 1 is 1.20 bits per heavy atom. The van der Waals surface area contributed by atoms with Gasteiger partial charge in [0.15, 0.2) is 0 Å². The molecule has 1 heterocycles. The molecule has 3 nitrogen and oxygen atoms in total. The quantitative estimate of drug-likeness (QED) is 0.781. The maximum Gasteiger partial charge on any atom is 0.242 e. The van der Waals surface area contributed by atoms with Crippen LogP contribution in [0.5, 0.6) is 0 Å². The number of hydrogen-bond acceptors (Lipinski definition) is 3. The van der Waals surface area contributed by atoms with Gasteiger partial charge in [-0.15, -0.1) is 0 Å². The normalized spacial score (nSPS) is 20.3. The summed E-state index contributed by atoms with van der Waals surface area (Å²) in [6, 6.07) is 16.3. The van der Waals surface area contributed by atoms with Crippen molar-refractivity contribution in [3.05, 3.63) is 59.8 Å². The van der Waals surface area contributed by atoms with Gasteiger partial charge in [0.2, 0.25) is 14.8 Å². The SMILES string of the molecule is [B]N(B(C)Cc1ccccc1)c1cccc(C2CC(=O)CCC2C)n1. The second-order valence-corrected chi connectivity index (χ2v) is 7.23. The molecule has 25 heavy (non-hydrogen) atoms. The number of aromatic nitrogens is 1. The summed E-state index contributed by atoms with van der Waals surface area (Å²) in [4.78, 5) is 16.7. The van der Waals surface area contributed by atoms with E-state index in [1.807, 2.05) is 36.4 Å². The Morgan fingerprint density at radius 3 is 2.72 bits per heavy atom. The largest absolute Gasteiger partial charge is 0.454 e. The van der Waals surface area contributed by atoms with Crippen molar-refractivity contribution < 1.29 is 4.79 Å². The molecule has 1 aliphatic carbocycles. The molecular formula is C20H24B2N2O. The highest BCUT2D eigenvalue weighted by molar-refractivity contribution is 6.69. The average Bonchev–Trinajstić information content (AvgIpc) is 2.64. The first-order valence-electron chi connectivity index (χ1n) is 9.11. The molecule has 2 atom stereocenters. The van der Waals surface area contributed by atoms with Crippen molar-refractivity contribution in [3.8, 4) is 0 Å². The number of rotatable bonds is 5. The van der Waals surface area contributed by atoms with Crippen LogP contribution in [-0.4, -0.2) is 25.6 Å². The Morgan fingerprint density at radius 2 is 1.96 bits per heavy atom. The standard InChI is InChI=1S/C20H24B2N2O/c1-15-11-12-17(25)13-18(15)19-9-6-10-20(23-19)24(21)22(2)14-16-7-4-3-5-8-16/h3-10,15,18H,11-14H2,1-2H3. The summed E-state index contributed by atoms with van der Waals surface area (Å²) < 4.78 is 1.74. The fourth-order valence-electron chi connectivity index (χ4n) is 3.60. The van der Waals surface area contributed by atoms with Crippen LogP contribution in [0.25, 0.3) is 0 Å². The van der Waals surface area contributed by atoms with Crippen molar-refractivity contribution in [1.29, 1.82) is 0 Å². The van der Waals surface area contributed by atoms with Crippen LogP contribution in [0.4, 0.5) is 5.82 Å². The highest BCUT2D eigenvalue weighted by Crippen LogP contribution is 2.35. The molecule has 1 aromatic heterocycles. The zero-order valence-corrected chi connectivity index (χ0v) is 15.1. The van der Waals surface area contributed by atoms with Crippen LogP contribution < -0.4 is 4.72 Å². The Kier molecular flexibility index (Phi) is 5.62. The van der Waals surface area contributed by atoms with Gasteiger partial charge in [-0.1, -0.05) is 55.7 Å². The molecule has 1 saturated carbocycles. The number of benzene rings is 1.